The van der Waals surface area contributed by atoms with Crippen LogP contribution in [0.15, 0.2) is 0 Å². The van der Waals surface area contributed by atoms with Crippen molar-refractivity contribution in [2.45, 2.75) is 46.3 Å². The molecule has 0 bridgehead atoms. The van der Waals surface area contributed by atoms with E-state index in [0.717, 1.165) is 38.7 Å². The van der Waals surface area contributed by atoms with Crippen LogP contribution >= 0.6 is 0 Å². The Morgan fingerprint density at radius 3 is 2.81 bits per heavy atom. The minimum absolute atomic E-state index is 0.396. The quantitative estimate of drug-likeness (QED) is 0.701. The molecule has 0 aliphatic carbocycles. The summed E-state index contributed by atoms with van der Waals surface area (Å²) < 4.78 is 5.69. The van der Waals surface area contributed by atoms with E-state index in [1.807, 2.05) is 0 Å². The highest BCUT2D eigenvalue weighted by Crippen LogP contribution is 2.13. The van der Waals surface area contributed by atoms with Crippen molar-refractivity contribution >= 4 is 0 Å². The SMILES string of the molecule is CCC1COC(C)CN1CCNCC(C)C. The largest absolute Gasteiger partial charge is 0.376 e. The van der Waals surface area contributed by atoms with E-state index in [1.165, 1.54) is 6.42 Å². The third-order valence-corrected chi connectivity index (χ3v) is 3.18. The third kappa shape index (κ3) is 4.81. The zero-order chi connectivity index (χ0) is 12.0. The average Bonchev–Trinajstić information content (AvgIpc) is 2.24. The summed E-state index contributed by atoms with van der Waals surface area (Å²) in [7, 11) is 0. The molecule has 0 saturated carbocycles. The van der Waals surface area contributed by atoms with Crippen LogP contribution in [0.1, 0.15) is 34.1 Å². The molecule has 0 spiro atoms. The van der Waals surface area contributed by atoms with Gasteiger partial charge in [0, 0.05) is 25.7 Å². The Kier molecular flexibility index (Phi) is 6.32. The zero-order valence-electron chi connectivity index (χ0n) is 11.3. The highest BCUT2D eigenvalue weighted by Gasteiger charge is 2.24. The van der Waals surface area contributed by atoms with Crippen LogP contribution in [-0.4, -0.2) is 49.8 Å². The number of nitrogens with zero attached hydrogens (tertiary/aromatic N) is 1. The molecule has 96 valence electrons. The fourth-order valence-corrected chi connectivity index (χ4v) is 2.18. The van der Waals surface area contributed by atoms with Crippen molar-refractivity contribution in [3.63, 3.8) is 0 Å². The maximum atomic E-state index is 5.69. The lowest BCUT2D eigenvalue weighted by Gasteiger charge is -2.38. The molecule has 0 amide bonds. The molecule has 2 atom stereocenters. The molecule has 1 aliphatic rings. The van der Waals surface area contributed by atoms with Gasteiger partial charge < -0.3 is 10.1 Å². The second-order valence-electron chi connectivity index (χ2n) is 5.30. The standard InChI is InChI=1S/C13H28N2O/c1-5-13-10-16-12(4)9-15(13)7-6-14-8-11(2)3/h11-14H,5-10H2,1-4H3. The van der Waals surface area contributed by atoms with E-state index in [2.05, 4.69) is 37.9 Å². The Labute approximate surface area is 101 Å². The zero-order valence-corrected chi connectivity index (χ0v) is 11.3. The summed E-state index contributed by atoms with van der Waals surface area (Å²) >= 11 is 0. The van der Waals surface area contributed by atoms with E-state index in [1.54, 1.807) is 0 Å². The molecule has 3 nitrogen and oxygen atoms in total. The normalized spacial score (nSPS) is 27.6. The molecule has 0 aromatic rings. The highest BCUT2D eigenvalue weighted by atomic mass is 16.5. The molecule has 0 aromatic carbocycles. The van der Waals surface area contributed by atoms with E-state index >= 15 is 0 Å². The predicted molar refractivity (Wildman–Crippen MR) is 68.8 cm³/mol. The smallest absolute Gasteiger partial charge is 0.0674 e. The lowest BCUT2D eigenvalue weighted by molar-refractivity contribution is -0.0551. The molecule has 3 heteroatoms. The summed E-state index contributed by atoms with van der Waals surface area (Å²) in [6.07, 6.45) is 1.59. The van der Waals surface area contributed by atoms with Crippen LogP contribution < -0.4 is 5.32 Å². The molecule has 1 saturated heterocycles. The van der Waals surface area contributed by atoms with Crippen molar-refractivity contribution in [1.29, 1.82) is 0 Å². The van der Waals surface area contributed by atoms with Gasteiger partial charge in [-0.25, -0.2) is 0 Å². The van der Waals surface area contributed by atoms with E-state index in [0.29, 0.717) is 12.1 Å². The minimum atomic E-state index is 0.396. The van der Waals surface area contributed by atoms with Crippen LogP contribution in [-0.2, 0) is 4.74 Å². The fraction of sp³-hybridized carbons (Fsp3) is 1.00. The Balaban J connectivity index is 2.21. The van der Waals surface area contributed by atoms with Gasteiger partial charge in [-0.1, -0.05) is 20.8 Å². The van der Waals surface area contributed by atoms with E-state index in [-0.39, 0.29) is 0 Å². The lowest BCUT2D eigenvalue weighted by atomic mass is 10.1. The first kappa shape index (κ1) is 13.9. The summed E-state index contributed by atoms with van der Waals surface area (Å²) in [5, 5.41) is 3.51. The number of hydrogen-bond donors (Lipinski definition) is 1. The third-order valence-electron chi connectivity index (χ3n) is 3.18. The average molecular weight is 228 g/mol. The second-order valence-corrected chi connectivity index (χ2v) is 5.30. The molecule has 2 unspecified atom stereocenters. The fourth-order valence-electron chi connectivity index (χ4n) is 2.18. The topological polar surface area (TPSA) is 24.5 Å². The van der Waals surface area contributed by atoms with Gasteiger partial charge in [-0.2, -0.15) is 0 Å². The molecule has 0 radical (unpaired) electrons. The highest BCUT2D eigenvalue weighted by molar-refractivity contribution is 4.78. The van der Waals surface area contributed by atoms with Crippen LogP contribution in [0.2, 0.25) is 0 Å². The molecular weight excluding hydrogens is 200 g/mol. The first-order chi connectivity index (χ1) is 7.63. The molecule has 1 rings (SSSR count). The summed E-state index contributed by atoms with van der Waals surface area (Å²) in [6, 6.07) is 0.622. The van der Waals surface area contributed by atoms with Gasteiger partial charge in [0.1, 0.15) is 0 Å². The maximum Gasteiger partial charge on any atom is 0.0674 e. The van der Waals surface area contributed by atoms with Gasteiger partial charge in [0.05, 0.1) is 12.7 Å². The van der Waals surface area contributed by atoms with Crippen LogP contribution in [0.25, 0.3) is 0 Å². The molecule has 16 heavy (non-hydrogen) atoms. The lowest BCUT2D eigenvalue weighted by Crippen LogP contribution is -2.50. The van der Waals surface area contributed by atoms with Crippen molar-refractivity contribution in [2.75, 3.05) is 32.8 Å². The molecule has 1 N–H and O–H groups in total. The summed E-state index contributed by atoms with van der Waals surface area (Å²) in [5.74, 6) is 0.741. The number of ether oxygens (including phenoxy) is 1. The maximum absolute atomic E-state index is 5.69. The Morgan fingerprint density at radius 2 is 2.19 bits per heavy atom. The van der Waals surface area contributed by atoms with E-state index in [9.17, 15) is 0 Å². The van der Waals surface area contributed by atoms with E-state index < -0.39 is 0 Å². The van der Waals surface area contributed by atoms with Gasteiger partial charge in [0.2, 0.25) is 0 Å². The molecule has 1 aliphatic heterocycles. The number of nitrogens with one attached hydrogen (secondary N) is 1. The minimum Gasteiger partial charge on any atom is -0.376 e. The van der Waals surface area contributed by atoms with Crippen molar-refractivity contribution in [2.24, 2.45) is 5.92 Å². The number of hydrogen-bond acceptors (Lipinski definition) is 3. The van der Waals surface area contributed by atoms with Crippen molar-refractivity contribution in [3.05, 3.63) is 0 Å². The van der Waals surface area contributed by atoms with Gasteiger partial charge >= 0.3 is 0 Å². The van der Waals surface area contributed by atoms with Crippen LogP contribution in [0, 0.1) is 5.92 Å². The van der Waals surface area contributed by atoms with Crippen LogP contribution in [0.4, 0.5) is 0 Å². The van der Waals surface area contributed by atoms with Gasteiger partial charge in [-0.15, -0.1) is 0 Å². The van der Waals surface area contributed by atoms with Crippen LogP contribution in [0.3, 0.4) is 0 Å². The number of morpholine rings is 1. The first-order valence-corrected chi connectivity index (χ1v) is 6.69. The molecule has 1 heterocycles. The Bertz CT molecular complexity index is 185. The van der Waals surface area contributed by atoms with E-state index in [4.69, 9.17) is 4.74 Å². The summed E-state index contributed by atoms with van der Waals surface area (Å²) in [5.41, 5.74) is 0. The van der Waals surface area contributed by atoms with Crippen LogP contribution in [0.5, 0.6) is 0 Å². The predicted octanol–water partition coefficient (Wildman–Crippen LogP) is 1.73. The second kappa shape index (κ2) is 7.25. The van der Waals surface area contributed by atoms with Crippen molar-refractivity contribution in [1.82, 2.24) is 10.2 Å². The van der Waals surface area contributed by atoms with Crippen molar-refractivity contribution in [3.8, 4) is 0 Å². The Morgan fingerprint density at radius 1 is 1.44 bits per heavy atom. The monoisotopic (exact) mass is 228 g/mol. The summed E-state index contributed by atoms with van der Waals surface area (Å²) in [4.78, 5) is 2.57. The summed E-state index contributed by atoms with van der Waals surface area (Å²) in [6.45, 7) is 14.3. The van der Waals surface area contributed by atoms with Gasteiger partial charge in [0.25, 0.3) is 0 Å². The van der Waals surface area contributed by atoms with Gasteiger partial charge in [-0.05, 0) is 25.8 Å². The number of rotatable bonds is 6. The molecule has 0 aromatic heterocycles. The Hall–Kier alpha value is -0.120. The van der Waals surface area contributed by atoms with Gasteiger partial charge in [-0.3, -0.25) is 4.90 Å². The molecular formula is C13H28N2O. The molecule has 1 fully saturated rings. The first-order valence-electron chi connectivity index (χ1n) is 6.69. The van der Waals surface area contributed by atoms with Crippen molar-refractivity contribution < 1.29 is 4.74 Å². The van der Waals surface area contributed by atoms with Gasteiger partial charge in [0.15, 0.2) is 0 Å².